The summed E-state index contributed by atoms with van der Waals surface area (Å²) in [7, 11) is 0. The molecule has 120 valence electrons. The van der Waals surface area contributed by atoms with E-state index in [1.165, 1.54) is 37.2 Å². The molecule has 0 aromatic heterocycles. The van der Waals surface area contributed by atoms with Crippen LogP contribution in [0.4, 0.5) is 0 Å². The molecule has 0 spiro atoms. The Morgan fingerprint density at radius 1 is 1.18 bits per heavy atom. The number of para-hydroxylation sites is 1. The first kappa shape index (κ1) is 15.6. The molecule has 0 radical (unpaired) electrons. The summed E-state index contributed by atoms with van der Waals surface area (Å²) in [6, 6.07) is 9.10. The molecule has 1 atom stereocenters. The number of hydrogen-bond acceptors (Lipinski definition) is 3. The minimum atomic E-state index is 0.536. The van der Waals surface area contributed by atoms with Crippen LogP contribution < -0.4 is 4.74 Å². The molecule has 0 bridgehead atoms. The Labute approximate surface area is 134 Å². The molecule has 2 heterocycles. The zero-order chi connectivity index (χ0) is 15.4. The lowest BCUT2D eigenvalue weighted by Gasteiger charge is -2.35. The van der Waals surface area contributed by atoms with E-state index in [1.54, 1.807) is 0 Å². The van der Waals surface area contributed by atoms with Gasteiger partial charge in [0.1, 0.15) is 5.75 Å². The number of nitrogens with zero attached hydrogens (tertiary/aromatic N) is 2. The summed E-state index contributed by atoms with van der Waals surface area (Å²) in [6.07, 6.45) is 4.72. The van der Waals surface area contributed by atoms with Crippen molar-refractivity contribution in [2.75, 3.05) is 39.3 Å². The Morgan fingerprint density at radius 3 is 2.91 bits per heavy atom. The summed E-state index contributed by atoms with van der Waals surface area (Å²) >= 11 is 0. The maximum atomic E-state index is 5.82. The minimum Gasteiger partial charge on any atom is -0.493 e. The maximum Gasteiger partial charge on any atom is 0.124 e. The molecule has 1 fully saturated rings. The quantitative estimate of drug-likeness (QED) is 0.795. The van der Waals surface area contributed by atoms with E-state index in [4.69, 9.17) is 4.74 Å². The van der Waals surface area contributed by atoms with Crippen LogP contribution in [0.3, 0.4) is 0 Å². The van der Waals surface area contributed by atoms with E-state index >= 15 is 0 Å². The van der Waals surface area contributed by atoms with Gasteiger partial charge in [0.15, 0.2) is 0 Å². The molecule has 1 unspecified atom stereocenters. The fourth-order valence-electron chi connectivity index (χ4n) is 3.50. The molecule has 1 aromatic carbocycles. The van der Waals surface area contributed by atoms with Gasteiger partial charge in [0, 0.05) is 44.2 Å². The predicted octanol–water partition coefficient (Wildman–Crippen LogP) is 3.48. The van der Waals surface area contributed by atoms with Gasteiger partial charge in [-0.3, -0.25) is 9.80 Å². The molecule has 0 N–H and O–H groups in total. The monoisotopic (exact) mass is 300 g/mol. The van der Waals surface area contributed by atoms with Gasteiger partial charge in [-0.2, -0.15) is 0 Å². The summed E-state index contributed by atoms with van der Waals surface area (Å²) in [5, 5.41) is 0. The van der Waals surface area contributed by atoms with Gasteiger partial charge < -0.3 is 4.74 Å². The van der Waals surface area contributed by atoms with Gasteiger partial charge in [-0.05, 0) is 32.9 Å². The lowest BCUT2D eigenvalue weighted by Crippen LogP contribution is -2.36. The number of rotatable bonds is 3. The molecular formula is C19H28N2O. The average molecular weight is 300 g/mol. The van der Waals surface area contributed by atoms with Crippen molar-refractivity contribution >= 4 is 0 Å². The molecule has 2 aliphatic rings. The van der Waals surface area contributed by atoms with E-state index in [9.17, 15) is 0 Å². The highest BCUT2D eigenvalue weighted by Crippen LogP contribution is 2.36. The minimum absolute atomic E-state index is 0.536. The molecular weight excluding hydrogens is 272 g/mol. The standard InChI is InChI=1S/C19H28N2O/c1-16(2)8-12-20-10-5-11-21(14-13-20)18-9-15-22-19-7-4-3-6-17(18)19/h3-4,6-8,18H,5,9-15H2,1-2H3. The summed E-state index contributed by atoms with van der Waals surface area (Å²) in [6.45, 7) is 11.1. The van der Waals surface area contributed by atoms with Gasteiger partial charge in [-0.1, -0.05) is 29.8 Å². The molecule has 3 rings (SSSR count). The van der Waals surface area contributed by atoms with E-state index < -0.39 is 0 Å². The van der Waals surface area contributed by atoms with Crippen molar-refractivity contribution in [3.63, 3.8) is 0 Å². The molecule has 22 heavy (non-hydrogen) atoms. The largest absolute Gasteiger partial charge is 0.493 e. The Kier molecular flexibility index (Phi) is 5.16. The highest BCUT2D eigenvalue weighted by atomic mass is 16.5. The van der Waals surface area contributed by atoms with E-state index in [1.807, 2.05) is 0 Å². The summed E-state index contributed by atoms with van der Waals surface area (Å²) in [5.74, 6) is 1.09. The predicted molar refractivity (Wildman–Crippen MR) is 91.4 cm³/mol. The van der Waals surface area contributed by atoms with Gasteiger partial charge in [-0.25, -0.2) is 0 Å². The Bertz CT molecular complexity index is 522. The third-order valence-corrected chi connectivity index (χ3v) is 4.75. The van der Waals surface area contributed by atoms with Crippen LogP contribution in [0.15, 0.2) is 35.9 Å². The molecule has 1 saturated heterocycles. The third kappa shape index (κ3) is 3.71. The van der Waals surface area contributed by atoms with Crippen LogP contribution in [0.1, 0.15) is 38.3 Å². The van der Waals surface area contributed by atoms with Crippen molar-refractivity contribution in [2.45, 2.75) is 32.7 Å². The Morgan fingerprint density at radius 2 is 2.05 bits per heavy atom. The van der Waals surface area contributed by atoms with Crippen LogP contribution in [0.2, 0.25) is 0 Å². The average Bonchev–Trinajstić information content (AvgIpc) is 2.78. The van der Waals surface area contributed by atoms with Crippen molar-refractivity contribution in [1.29, 1.82) is 0 Å². The zero-order valence-corrected chi connectivity index (χ0v) is 13.9. The van der Waals surface area contributed by atoms with E-state index in [0.29, 0.717) is 6.04 Å². The number of fused-ring (bicyclic) bond motifs is 1. The Hall–Kier alpha value is -1.32. The lowest BCUT2D eigenvalue weighted by atomic mass is 9.99. The fraction of sp³-hybridized carbons (Fsp3) is 0.579. The van der Waals surface area contributed by atoms with Gasteiger partial charge in [-0.15, -0.1) is 0 Å². The van der Waals surface area contributed by atoms with Crippen LogP contribution in [0.5, 0.6) is 5.75 Å². The first-order valence-electron chi connectivity index (χ1n) is 8.55. The summed E-state index contributed by atoms with van der Waals surface area (Å²) in [4.78, 5) is 5.25. The van der Waals surface area contributed by atoms with Gasteiger partial charge >= 0.3 is 0 Å². The lowest BCUT2D eigenvalue weighted by molar-refractivity contribution is 0.143. The smallest absolute Gasteiger partial charge is 0.124 e. The summed E-state index contributed by atoms with van der Waals surface area (Å²) < 4.78 is 5.82. The van der Waals surface area contributed by atoms with Crippen molar-refractivity contribution < 1.29 is 4.74 Å². The van der Waals surface area contributed by atoms with E-state index in [2.05, 4.69) is 54.0 Å². The zero-order valence-electron chi connectivity index (χ0n) is 13.9. The fourth-order valence-corrected chi connectivity index (χ4v) is 3.50. The van der Waals surface area contributed by atoms with Crippen LogP contribution in [0.25, 0.3) is 0 Å². The van der Waals surface area contributed by atoms with Crippen molar-refractivity contribution in [3.8, 4) is 5.75 Å². The highest BCUT2D eigenvalue weighted by molar-refractivity contribution is 5.37. The molecule has 0 aliphatic carbocycles. The van der Waals surface area contributed by atoms with Gasteiger partial charge in [0.2, 0.25) is 0 Å². The first-order valence-corrected chi connectivity index (χ1v) is 8.55. The third-order valence-electron chi connectivity index (χ3n) is 4.75. The van der Waals surface area contributed by atoms with Crippen molar-refractivity contribution in [2.24, 2.45) is 0 Å². The number of benzene rings is 1. The topological polar surface area (TPSA) is 15.7 Å². The first-order chi connectivity index (χ1) is 10.7. The van der Waals surface area contributed by atoms with Crippen molar-refractivity contribution in [3.05, 3.63) is 41.5 Å². The van der Waals surface area contributed by atoms with E-state index in [0.717, 1.165) is 31.9 Å². The van der Waals surface area contributed by atoms with E-state index in [-0.39, 0.29) is 0 Å². The molecule has 3 nitrogen and oxygen atoms in total. The number of allylic oxidation sites excluding steroid dienone is 1. The number of ether oxygens (including phenoxy) is 1. The Balaban J connectivity index is 1.66. The second-order valence-corrected chi connectivity index (χ2v) is 6.66. The van der Waals surface area contributed by atoms with Crippen LogP contribution in [0, 0.1) is 0 Å². The highest BCUT2D eigenvalue weighted by Gasteiger charge is 2.28. The second kappa shape index (κ2) is 7.30. The van der Waals surface area contributed by atoms with Gasteiger partial charge in [0.05, 0.1) is 6.61 Å². The molecule has 3 heteroatoms. The van der Waals surface area contributed by atoms with Crippen LogP contribution in [-0.4, -0.2) is 49.1 Å². The molecule has 2 aliphatic heterocycles. The van der Waals surface area contributed by atoms with Crippen molar-refractivity contribution in [1.82, 2.24) is 9.80 Å². The normalized spacial score (nSPS) is 23.3. The van der Waals surface area contributed by atoms with Crippen LogP contribution in [-0.2, 0) is 0 Å². The molecule has 0 saturated carbocycles. The summed E-state index contributed by atoms with van der Waals surface area (Å²) in [5.41, 5.74) is 2.80. The maximum absolute atomic E-state index is 5.82. The number of hydrogen-bond donors (Lipinski definition) is 0. The molecule has 0 amide bonds. The van der Waals surface area contributed by atoms with Crippen LogP contribution >= 0.6 is 0 Å². The van der Waals surface area contributed by atoms with Gasteiger partial charge in [0.25, 0.3) is 0 Å². The molecule has 1 aromatic rings. The second-order valence-electron chi connectivity index (χ2n) is 6.66. The SMILES string of the molecule is CC(C)=CCN1CCCN(C2CCOc3ccccc32)CC1.